The molecule has 20 heavy (non-hydrogen) atoms. The van der Waals surface area contributed by atoms with Crippen LogP contribution in [0.4, 0.5) is 0 Å². The van der Waals surface area contributed by atoms with E-state index in [0.717, 1.165) is 0 Å². The van der Waals surface area contributed by atoms with Gasteiger partial charge in [-0.3, -0.25) is 14.9 Å². The van der Waals surface area contributed by atoms with Crippen molar-refractivity contribution in [2.45, 2.75) is 38.8 Å². The standard InChI is InChI=1S/C12H22N2O5S/c1-4-14(9-5-6-20(18,19)8-9)10(15)7-13-12(2,3)11(16)17/h9,13H,4-8H2,1-3H3,(H,16,17). The van der Waals surface area contributed by atoms with Crippen LogP contribution >= 0.6 is 0 Å². The first-order valence-electron chi connectivity index (χ1n) is 6.57. The summed E-state index contributed by atoms with van der Waals surface area (Å²) in [6.45, 7) is 5.01. The van der Waals surface area contributed by atoms with Gasteiger partial charge in [0.25, 0.3) is 0 Å². The van der Waals surface area contributed by atoms with Crippen LogP contribution in [0.2, 0.25) is 0 Å². The van der Waals surface area contributed by atoms with Gasteiger partial charge in [0.1, 0.15) is 5.54 Å². The summed E-state index contributed by atoms with van der Waals surface area (Å²) in [6.07, 6.45) is 0.449. The molecular weight excluding hydrogens is 284 g/mol. The van der Waals surface area contributed by atoms with Crippen molar-refractivity contribution in [2.75, 3.05) is 24.6 Å². The predicted octanol–water partition coefficient (Wildman–Crippen LogP) is -0.525. The van der Waals surface area contributed by atoms with Crippen molar-refractivity contribution in [3.05, 3.63) is 0 Å². The molecule has 1 rings (SSSR count). The lowest BCUT2D eigenvalue weighted by Gasteiger charge is -2.29. The Kier molecular flexibility index (Phi) is 5.15. The average molecular weight is 306 g/mol. The maximum atomic E-state index is 12.1. The van der Waals surface area contributed by atoms with Crippen molar-refractivity contribution in [1.82, 2.24) is 10.2 Å². The number of likely N-dealkylation sites (N-methyl/N-ethyl adjacent to an activating group) is 1. The molecule has 0 aromatic carbocycles. The van der Waals surface area contributed by atoms with E-state index in [-0.39, 0.29) is 30.0 Å². The molecule has 1 aliphatic heterocycles. The first kappa shape index (κ1) is 16.9. The Morgan fingerprint density at radius 2 is 2.00 bits per heavy atom. The SMILES string of the molecule is CCN(C(=O)CNC(C)(C)C(=O)O)C1CCS(=O)(=O)C1. The minimum absolute atomic E-state index is 0.00506. The fourth-order valence-electron chi connectivity index (χ4n) is 2.13. The molecular formula is C12H22N2O5S. The number of aliphatic carboxylic acids is 1. The maximum Gasteiger partial charge on any atom is 0.323 e. The van der Waals surface area contributed by atoms with Crippen LogP contribution in [0.1, 0.15) is 27.2 Å². The summed E-state index contributed by atoms with van der Waals surface area (Å²) in [4.78, 5) is 24.6. The summed E-state index contributed by atoms with van der Waals surface area (Å²) in [5, 5.41) is 11.6. The molecule has 1 aliphatic rings. The van der Waals surface area contributed by atoms with E-state index in [9.17, 15) is 18.0 Å². The lowest BCUT2D eigenvalue weighted by Crippen LogP contribution is -2.52. The van der Waals surface area contributed by atoms with E-state index >= 15 is 0 Å². The lowest BCUT2D eigenvalue weighted by atomic mass is 10.1. The molecule has 0 aromatic rings. The van der Waals surface area contributed by atoms with E-state index in [2.05, 4.69) is 5.32 Å². The first-order chi connectivity index (χ1) is 9.09. The van der Waals surface area contributed by atoms with E-state index in [4.69, 9.17) is 5.11 Å². The molecule has 0 aliphatic carbocycles. The minimum Gasteiger partial charge on any atom is -0.480 e. The largest absolute Gasteiger partial charge is 0.480 e. The minimum atomic E-state index is -3.05. The third kappa shape index (κ3) is 4.17. The number of rotatable bonds is 6. The summed E-state index contributed by atoms with van der Waals surface area (Å²) in [6, 6.07) is -0.299. The van der Waals surface area contributed by atoms with Gasteiger partial charge < -0.3 is 10.0 Å². The van der Waals surface area contributed by atoms with Crippen molar-refractivity contribution < 1.29 is 23.1 Å². The van der Waals surface area contributed by atoms with Gasteiger partial charge in [-0.15, -0.1) is 0 Å². The number of nitrogens with zero attached hydrogens (tertiary/aromatic N) is 1. The Bertz CT molecular complexity index is 486. The molecule has 0 spiro atoms. The zero-order valence-corrected chi connectivity index (χ0v) is 12.9. The maximum absolute atomic E-state index is 12.1. The molecule has 1 amide bonds. The van der Waals surface area contributed by atoms with Gasteiger partial charge in [-0.1, -0.05) is 0 Å². The van der Waals surface area contributed by atoms with Crippen LogP contribution in [-0.2, 0) is 19.4 Å². The predicted molar refractivity (Wildman–Crippen MR) is 74.2 cm³/mol. The monoisotopic (exact) mass is 306 g/mol. The number of amides is 1. The summed E-state index contributed by atoms with van der Waals surface area (Å²) < 4.78 is 22.9. The lowest BCUT2D eigenvalue weighted by molar-refractivity contribution is -0.143. The van der Waals surface area contributed by atoms with Crippen LogP contribution in [0.3, 0.4) is 0 Å². The summed E-state index contributed by atoms with van der Waals surface area (Å²) >= 11 is 0. The molecule has 1 atom stereocenters. The van der Waals surface area contributed by atoms with Gasteiger partial charge >= 0.3 is 5.97 Å². The van der Waals surface area contributed by atoms with E-state index in [0.29, 0.717) is 13.0 Å². The van der Waals surface area contributed by atoms with Crippen LogP contribution in [0.5, 0.6) is 0 Å². The first-order valence-corrected chi connectivity index (χ1v) is 8.39. The average Bonchev–Trinajstić information content (AvgIpc) is 2.68. The Labute approximate surface area is 119 Å². The highest BCUT2D eigenvalue weighted by atomic mass is 32.2. The summed E-state index contributed by atoms with van der Waals surface area (Å²) in [5.41, 5.74) is -1.20. The molecule has 0 radical (unpaired) electrons. The van der Waals surface area contributed by atoms with Crippen molar-refractivity contribution >= 4 is 21.7 Å². The van der Waals surface area contributed by atoms with Crippen molar-refractivity contribution in [3.8, 4) is 0 Å². The molecule has 116 valence electrons. The molecule has 1 unspecified atom stereocenters. The van der Waals surface area contributed by atoms with E-state index in [1.54, 1.807) is 6.92 Å². The van der Waals surface area contributed by atoms with Gasteiger partial charge in [0.05, 0.1) is 18.1 Å². The van der Waals surface area contributed by atoms with E-state index in [1.165, 1.54) is 18.7 Å². The number of hydrogen-bond donors (Lipinski definition) is 2. The topological polar surface area (TPSA) is 104 Å². The summed E-state index contributed by atoms with van der Waals surface area (Å²) in [7, 11) is -3.05. The quantitative estimate of drug-likeness (QED) is 0.684. The molecule has 0 bridgehead atoms. The van der Waals surface area contributed by atoms with Crippen molar-refractivity contribution in [2.24, 2.45) is 0 Å². The normalized spacial score (nSPS) is 21.6. The molecule has 0 saturated carbocycles. The third-order valence-corrected chi connectivity index (χ3v) is 5.28. The summed E-state index contributed by atoms with van der Waals surface area (Å²) in [5.74, 6) is -1.22. The van der Waals surface area contributed by atoms with Gasteiger partial charge in [-0.2, -0.15) is 0 Å². The van der Waals surface area contributed by atoms with Crippen LogP contribution in [0, 0.1) is 0 Å². The fourth-order valence-corrected chi connectivity index (χ4v) is 3.86. The van der Waals surface area contributed by atoms with Gasteiger partial charge in [0.15, 0.2) is 9.84 Å². The second-order valence-electron chi connectivity index (χ2n) is 5.52. The smallest absolute Gasteiger partial charge is 0.323 e. The van der Waals surface area contributed by atoms with Gasteiger partial charge in [-0.25, -0.2) is 8.42 Å². The Hall–Kier alpha value is -1.15. The van der Waals surface area contributed by atoms with Crippen LogP contribution in [0.25, 0.3) is 0 Å². The Morgan fingerprint density at radius 3 is 2.40 bits per heavy atom. The van der Waals surface area contributed by atoms with E-state index < -0.39 is 21.3 Å². The second-order valence-corrected chi connectivity index (χ2v) is 7.75. The number of carboxylic acids is 1. The van der Waals surface area contributed by atoms with E-state index in [1.807, 2.05) is 0 Å². The highest BCUT2D eigenvalue weighted by Gasteiger charge is 2.34. The van der Waals surface area contributed by atoms with Crippen molar-refractivity contribution in [3.63, 3.8) is 0 Å². The third-order valence-electron chi connectivity index (χ3n) is 3.53. The molecule has 8 heteroatoms. The van der Waals surface area contributed by atoms with Gasteiger partial charge in [-0.05, 0) is 27.2 Å². The number of sulfone groups is 1. The van der Waals surface area contributed by atoms with Crippen LogP contribution < -0.4 is 5.32 Å². The zero-order valence-electron chi connectivity index (χ0n) is 12.0. The molecule has 1 saturated heterocycles. The number of carbonyl (C=O) groups is 2. The van der Waals surface area contributed by atoms with Crippen molar-refractivity contribution in [1.29, 1.82) is 0 Å². The fraction of sp³-hybridized carbons (Fsp3) is 0.833. The Balaban J connectivity index is 2.63. The number of carboxylic acid groups (broad SMARTS) is 1. The molecule has 1 heterocycles. The van der Waals surface area contributed by atoms with Gasteiger partial charge in [0, 0.05) is 12.6 Å². The molecule has 7 nitrogen and oxygen atoms in total. The second kappa shape index (κ2) is 6.09. The molecule has 1 fully saturated rings. The highest BCUT2D eigenvalue weighted by molar-refractivity contribution is 7.91. The number of carbonyl (C=O) groups excluding carboxylic acids is 1. The highest BCUT2D eigenvalue weighted by Crippen LogP contribution is 2.17. The molecule has 0 aromatic heterocycles. The Morgan fingerprint density at radius 1 is 1.40 bits per heavy atom. The number of nitrogens with one attached hydrogen (secondary N) is 1. The van der Waals surface area contributed by atoms with Crippen LogP contribution in [-0.4, -0.2) is 66.5 Å². The van der Waals surface area contributed by atoms with Gasteiger partial charge in [0.2, 0.25) is 5.91 Å². The van der Waals surface area contributed by atoms with Crippen LogP contribution in [0.15, 0.2) is 0 Å². The zero-order chi connectivity index (χ0) is 15.6. The molecule has 2 N–H and O–H groups in total. The number of hydrogen-bond acceptors (Lipinski definition) is 5.